The van der Waals surface area contributed by atoms with Crippen molar-refractivity contribution in [2.45, 2.75) is 19.4 Å². The molecule has 0 bridgehead atoms. The van der Waals surface area contributed by atoms with Crippen LogP contribution >= 0.6 is 11.6 Å². The van der Waals surface area contributed by atoms with E-state index in [9.17, 15) is 8.42 Å². The number of benzene rings is 1. The number of ether oxygens (including phenoxy) is 1. The van der Waals surface area contributed by atoms with Gasteiger partial charge in [-0.3, -0.25) is 4.90 Å². The fraction of sp³-hybridized carbons (Fsp3) is 0.600. The Morgan fingerprint density at radius 3 is 2.73 bits per heavy atom. The van der Waals surface area contributed by atoms with Gasteiger partial charge in [0.05, 0.1) is 19.0 Å². The largest absolute Gasteiger partial charge is 0.379 e. The summed E-state index contributed by atoms with van der Waals surface area (Å²) in [7, 11) is -3.22. The Balaban J connectivity index is 2.14. The molecule has 1 aliphatic rings. The van der Waals surface area contributed by atoms with Gasteiger partial charge >= 0.3 is 0 Å². The maximum Gasteiger partial charge on any atom is 0.211 e. The molecule has 2 rings (SSSR count). The second-order valence-corrected chi connectivity index (χ2v) is 7.75. The molecular weight excluding hydrogens is 324 g/mol. The Kier molecular flexibility index (Phi) is 6.65. The van der Waals surface area contributed by atoms with Gasteiger partial charge in [0, 0.05) is 30.7 Å². The summed E-state index contributed by atoms with van der Waals surface area (Å²) in [6, 6.07) is 7.57. The fourth-order valence-electron chi connectivity index (χ4n) is 2.61. The van der Waals surface area contributed by atoms with Gasteiger partial charge in [-0.1, -0.05) is 30.7 Å². The lowest BCUT2D eigenvalue weighted by atomic mass is 10.1. The van der Waals surface area contributed by atoms with Crippen molar-refractivity contribution in [3.8, 4) is 0 Å². The molecule has 1 heterocycles. The van der Waals surface area contributed by atoms with Gasteiger partial charge in [0.15, 0.2) is 0 Å². The maximum atomic E-state index is 11.9. The van der Waals surface area contributed by atoms with Crippen molar-refractivity contribution in [1.29, 1.82) is 0 Å². The number of rotatable bonds is 7. The highest BCUT2D eigenvalue weighted by Crippen LogP contribution is 2.24. The van der Waals surface area contributed by atoms with Gasteiger partial charge < -0.3 is 4.74 Å². The van der Waals surface area contributed by atoms with E-state index in [0.717, 1.165) is 18.7 Å². The second kappa shape index (κ2) is 8.26. The Morgan fingerprint density at radius 1 is 1.36 bits per heavy atom. The van der Waals surface area contributed by atoms with Gasteiger partial charge in [-0.15, -0.1) is 0 Å². The minimum Gasteiger partial charge on any atom is -0.379 e. The van der Waals surface area contributed by atoms with Gasteiger partial charge in [0.1, 0.15) is 0 Å². The van der Waals surface area contributed by atoms with Gasteiger partial charge in [-0.25, -0.2) is 13.1 Å². The molecule has 0 radical (unpaired) electrons. The Morgan fingerprint density at radius 2 is 2.09 bits per heavy atom. The molecule has 1 N–H and O–H groups in total. The first-order valence-electron chi connectivity index (χ1n) is 7.56. The second-order valence-electron chi connectivity index (χ2n) is 5.39. The third-order valence-electron chi connectivity index (χ3n) is 3.69. The molecule has 0 saturated carbocycles. The highest BCUT2D eigenvalue weighted by molar-refractivity contribution is 7.89. The van der Waals surface area contributed by atoms with Crippen LogP contribution in [0.1, 0.15) is 24.9 Å². The number of hydrogen-bond donors (Lipinski definition) is 1. The molecule has 0 spiro atoms. The molecule has 0 amide bonds. The van der Waals surface area contributed by atoms with Gasteiger partial charge in [-0.05, 0) is 24.1 Å². The Labute approximate surface area is 137 Å². The van der Waals surface area contributed by atoms with Crippen LogP contribution in [0, 0.1) is 0 Å². The fourth-order valence-corrected chi connectivity index (χ4v) is 3.90. The molecule has 1 aromatic rings. The van der Waals surface area contributed by atoms with Crippen LogP contribution in [0.3, 0.4) is 0 Å². The van der Waals surface area contributed by atoms with Gasteiger partial charge in [-0.2, -0.15) is 0 Å². The Bertz CT molecular complexity index is 574. The van der Waals surface area contributed by atoms with Crippen LogP contribution in [-0.2, 0) is 14.8 Å². The molecule has 22 heavy (non-hydrogen) atoms. The number of morpholine rings is 1. The van der Waals surface area contributed by atoms with Crippen molar-refractivity contribution in [2.75, 3.05) is 38.6 Å². The van der Waals surface area contributed by atoms with E-state index in [-0.39, 0.29) is 11.8 Å². The zero-order valence-electron chi connectivity index (χ0n) is 12.8. The highest BCUT2D eigenvalue weighted by atomic mass is 35.5. The van der Waals surface area contributed by atoms with Crippen LogP contribution in [0.15, 0.2) is 24.3 Å². The van der Waals surface area contributed by atoms with E-state index in [1.807, 2.05) is 31.2 Å². The molecule has 1 fully saturated rings. The third-order valence-corrected chi connectivity index (χ3v) is 5.48. The van der Waals surface area contributed by atoms with E-state index in [1.165, 1.54) is 0 Å². The summed E-state index contributed by atoms with van der Waals surface area (Å²) in [4.78, 5) is 2.24. The topological polar surface area (TPSA) is 58.6 Å². The number of hydrogen-bond acceptors (Lipinski definition) is 4. The molecule has 124 valence electrons. The van der Waals surface area contributed by atoms with Crippen LogP contribution in [-0.4, -0.2) is 51.9 Å². The quantitative estimate of drug-likeness (QED) is 0.820. The summed E-state index contributed by atoms with van der Waals surface area (Å²) >= 11 is 6.09. The summed E-state index contributed by atoms with van der Waals surface area (Å²) in [6.45, 7) is 5.11. The molecule has 1 atom stereocenters. The normalized spacial score (nSPS) is 18.3. The van der Waals surface area contributed by atoms with Crippen LogP contribution < -0.4 is 4.72 Å². The Hall–Kier alpha value is -0.660. The van der Waals surface area contributed by atoms with Crippen molar-refractivity contribution in [1.82, 2.24) is 9.62 Å². The van der Waals surface area contributed by atoms with E-state index in [2.05, 4.69) is 9.62 Å². The minimum absolute atomic E-state index is 0.0331. The summed E-state index contributed by atoms with van der Waals surface area (Å²) in [5.41, 5.74) is 1.02. The van der Waals surface area contributed by atoms with E-state index in [0.29, 0.717) is 31.2 Å². The van der Waals surface area contributed by atoms with Crippen molar-refractivity contribution in [2.24, 2.45) is 0 Å². The average Bonchev–Trinajstić information content (AvgIpc) is 2.48. The summed E-state index contributed by atoms with van der Waals surface area (Å²) < 4.78 is 32.0. The number of sulfonamides is 1. The van der Waals surface area contributed by atoms with Crippen LogP contribution in [0.2, 0.25) is 5.02 Å². The molecule has 7 heteroatoms. The number of nitrogens with zero attached hydrogens (tertiary/aromatic N) is 1. The lowest BCUT2D eigenvalue weighted by Gasteiger charge is -2.35. The molecule has 0 aliphatic carbocycles. The van der Waals surface area contributed by atoms with Gasteiger partial charge in [0.25, 0.3) is 0 Å². The standard InChI is InChI=1S/C15H23ClN2O3S/c1-2-10-22(19,20)17-12-15(18-6-8-21-9-7-18)13-4-3-5-14(16)11-13/h3-5,11,15,17H,2,6-10,12H2,1H3. The van der Waals surface area contributed by atoms with Crippen LogP contribution in [0.4, 0.5) is 0 Å². The monoisotopic (exact) mass is 346 g/mol. The van der Waals surface area contributed by atoms with Crippen molar-refractivity contribution < 1.29 is 13.2 Å². The first-order chi connectivity index (χ1) is 10.5. The molecule has 5 nitrogen and oxygen atoms in total. The summed E-state index contributed by atoms with van der Waals surface area (Å²) in [5, 5.41) is 0.659. The first-order valence-corrected chi connectivity index (χ1v) is 9.59. The number of halogens is 1. The van der Waals surface area contributed by atoms with Crippen molar-refractivity contribution in [3.05, 3.63) is 34.9 Å². The summed E-state index contributed by atoms with van der Waals surface area (Å²) in [5.74, 6) is 0.151. The van der Waals surface area contributed by atoms with E-state index in [4.69, 9.17) is 16.3 Å². The molecule has 1 aliphatic heterocycles. The maximum absolute atomic E-state index is 11.9. The SMILES string of the molecule is CCCS(=O)(=O)NCC(c1cccc(Cl)c1)N1CCOCC1. The van der Waals surface area contributed by atoms with Gasteiger partial charge in [0.2, 0.25) is 10.0 Å². The zero-order chi connectivity index (χ0) is 16.0. The third kappa shape index (κ3) is 5.21. The van der Waals surface area contributed by atoms with Crippen LogP contribution in [0.25, 0.3) is 0 Å². The van der Waals surface area contributed by atoms with E-state index < -0.39 is 10.0 Å². The molecule has 1 aromatic carbocycles. The highest BCUT2D eigenvalue weighted by Gasteiger charge is 2.24. The first kappa shape index (κ1) is 17.7. The van der Waals surface area contributed by atoms with Crippen LogP contribution in [0.5, 0.6) is 0 Å². The van der Waals surface area contributed by atoms with Crippen molar-refractivity contribution >= 4 is 21.6 Å². The smallest absolute Gasteiger partial charge is 0.211 e. The number of nitrogens with one attached hydrogen (secondary N) is 1. The molecule has 1 unspecified atom stereocenters. The van der Waals surface area contributed by atoms with Crippen molar-refractivity contribution in [3.63, 3.8) is 0 Å². The molecule has 1 saturated heterocycles. The molecule has 0 aromatic heterocycles. The lowest BCUT2D eigenvalue weighted by Crippen LogP contribution is -2.44. The minimum atomic E-state index is -3.22. The predicted molar refractivity (Wildman–Crippen MR) is 88.7 cm³/mol. The average molecular weight is 347 g/mol. The molecular formula is C15H23ClN2O3S. The zero-order valence-corrected chi connectivity index (χ0v) is 14.4. The summed E-state index contributed by atoms with van der Waals surface area (Å²) in [6.07, 6.45) is 0.606. The van der Waals surface area contributed by atoms with E-state index in [1.54, 1.807) is 0 Å². The van der Waals surface area contributed by atoms with E-state index >= 15 is 0 Å². The predicted octanol–water partition coefficient (Wildman–Crippen LogP) is 2.04. The lowest BCUT2D eigenvalue weighted by molar-refractivity contribution is 0.0172.